The summed E-state index contributed by atoms with van der Waals surface area (Å²) in [4.78, 5) is 17.8. The molecule has 0 atom stereocenters. The number of fused-ring (bicyclic) bond motifs is 1. The van der Waals surface area contributed by atoms with Gasteiger partial charge < -0.3 is 9.15 Å². The molecular weight excluding hydrogens is 434 g/mol. The van der Waals surface area contributed by atoms with Crippen LogP contribution >= 0.6 is 22.9 Å². The van der Waals surface area contributed by atoms with E-state index in [0.29, 0.717) is 38.5 Å². The molecule has 0 amide bonds. The van der Waals surface area contributed by atoms with Gasteiger partial charge in [-0.25, -0.2) is 0 Å². The highest BCUT2D eigenvalue weighted by Crippen LogP contribution is 2.25. The fraction of sp³-hybridized carbons (Fsp3) is 0.0870. The Balaban J connectivity index is 1.46. The highest BCUT2D eigenvalue weighted by atomic mass is 35.5. The molecule has 0 spiro atoms. The predicted molar refractivity (Wildman–Crippen MR) is 122 cm³/mol. The van der Waals surface area contributed by atoms with Crippen molar-refractivity contribution in [3.63, 3.8) is 0 Å². The number of hydrogen-bond donors (Lipinski definition) is 0. The number of rotatable bonds is 5. The molecule has 0 aliphatic rings. The van der Waals surface area contributed by atoms with Gasteiger partial charge in [-0.15, -0.1) is 5.10 Å². The summed E-state index contributed by atoms with van der Waals surface area (Å²) in [5.41, 5.74) is 1.46. The summed E-state index contributed by atoms with van der Waals surface area (Å²) in [6.07, 6.45) is 1.70. The van der Waals surface area contributed by atoms with Gasteiger partial charge in [-0.05, 0) is 55.5 Å². The van der Waals surface area contributed by atoms with Gasteiger partial charge in [0.1, 0.15) is 21.8 Å². The number of hydrogen-bond acceptors (Lipinski definition) is 6. The second-order valence-corrected chi connectivity index (χ2v) is 8.16. The Hall–Kier alpha value is -3.42. The van der Waals surface area contributed by atoms with Crippen LogP contribution in [0.25, 0.3) is 33.7 Å². The molecule has 8 heteroatoms. The first-order valence-electron chi connectivity index (χ1n) is 9.61. The molecular formula is C23H16ClN3O3S. The van der Waals surface area contributed by atoms with Crippen LogP contribution in [0.3, 0.4) is 0 Å². The molecule has 0 N–H and O–H groups in total. The van der Waals surface area contributed by atoms with Gasteiger partial charge in [0.2, 0.25) is 4.96 Å². The van der Waals surface area contributed by atoms with Gasteiger partial charge in [-0.2, -0.15) is 9.50 Å². The molecule has 3 heterocycles. The van der Waals surface area contributed by atoms with Crippen molar-refractivity contribution in [3.05, 3.63) is 86.3 Å². The lowest BCUT2D eigenvalue weighted by Crippen LogP contribution is -2.23. The monoisotopic (exact) mass is 449 g/mol. The van der Waals surface area contributed by atoms with E-state index in [1.54, 1.807) is 12.1 Å². The van der Waals surface area contributed by atoms with Gasteiger partial charge in [-0.3, -0.25) is 4.79 Å². The molecule has 154 valence electrons. The van der Waals surface area contributed by atoms with Crippen LogP contribution < -0.4 is 14.8 Å². The van der Waals surface area contributed by atoms with Gasteiger partial charge in [0.15, 0.2) is 5.82 Å². The van der Waals surface area contributed by atoms with Crippen LogP contribution in [0.15, 0.2) is 69.9 Å². The molecule has 5 rings (SSSR count). The Kier molecular flexibility index (Phi) is 5.05. The van der Waals surface area contributed by atoms with Crippen LogP contribution in [-0.2, 0) is 0 Å². The fourth-order valence-electron chi connectivity index (χ4n) is 3.18. The molecule has 0 saturated carbocycles. The van der Waals surface area contributed by atoms with Crippen molar-refractivity contribution in [3.8, 4) is 28.5 Å². The van der Waals surface area contributed by atoms with E-state index in [2.05, 4.69) is 10.1 Å². The minimum Gasteiger partial charge on any atom is -0.494 e. The molecule has 0 saturated heterocycles. The van der Waals surface area contributed by atoms with Gasteiger partial charge in [0, 0.05) is 22.2 Å². The Morgan fingerprint density at radius 1 is 1.13 bits per heavy atom. The molecule has 3 aromatic heterocycles. The van der Waals surface area contributed by atoms with Crippen molar-refractivity contribution in [1.29, 1.82) is 0 Å². The summed E-state index contributed by atoms with van der Waals surface area (Å²) in [6, 6.07) is 18.6. The zero-order valence-corrected chi connectivity index (χ0v) is 18.0. The minimum absolute atomic E-state index is 0.231. The number of nitrogens with zero attached hydrogens (tertiary/aromatic N) is 3. The molecule has 6 nitrogen and oxygen atoms in total. The van der Waals surface area contributed by atoms with E-state index >= 15 is 0 Å². The number of thiazole rings is 1. The van der Waals surface area contributed by atoms with Gasteiger partial charge >= 0.3 is 0 Å². The SMILES string of the molecule is CCOc1ccc(-c2nc3sc(=Cc4ccc(-c5cccc(Cl)c5)o4)c(=O)n3n2)cc1. The third kappa shape index (κ3) is 3.85. The average Bonchev–Trinajstić information content (AvgIpc) is 3.47. The fourth-order valence-corrected chi connectivity index (χ4v) is 4.26. The van der Waals surface area contributed by atoms with Crippen molar-refractivity contribution >= 4 is 34.0 Å². The Morgan fingerprint density at radius 3 is 2.71 bits per heavy atom. The van der Waals surface area contributed by atoms with Crippen molar-refractivity contribution in [2.45, 2.75) is 6.92 Å². The first-order chi connectivity index (χ1) is 15.1. The summed E-state index contributed by atoms with van der Waals surface area (Å²) in [6.45, 7) is 2.54. The smallest absolute Gasteiger partial charge is 0.291 e. The number of furan rings is 1. The van der Waals surface area contributed by atoms with E-state index in [0.717, 1.165) is 16.9 Å². The molecule has 0 fully saturated rings. The third-order valence-corrected chi connectivity index (χ3v) is 5.81. The predicted octanol–water partition coefficient (Wildman–Crippen LogP) is 4.68. The molecule has 31 heavy (non-hydrogen) atoms. The van der Waals surface area contributed by atoms with Crippen molar-refractivity contribution in [1.82, 2.24) is 14.6 Å². The quantitative estimate of drug-likeness (QED) is 0.389. The number of benzene rings is 2. The largest absolute Gasteiger partial charge is 0.494 e. The first-order valence-corrected chi connectivity index (χ1v) is 10.8. The number of halogens is 1. The minimum atomic E-state index is -0.231. The van der Waals surface area contributed by atoms with Gasteiger partial charge in [-0.1, -0.05) is 35.1 Å². The second-order valence-electron chi connectivity index (χ2n) is 6.72. The zero-order chi connectivity index (χ0) is 21.4. The third-order valence-electron chi connectivity index (χ3n) is 4.61. The van der Waals surface area contributed by atoms with Crippen LogP contribution in [0.4, 0.5) is 0 Å². The maximum atomic E-state index is 12.8. The highest BCUT2D eigenvalue weighted by molar-refractivity contribution is 7.15. The molecule has 5 aromatic rings. The molecule has 0 unspecified atom stereocenters. The second kappa shape index (κ2) is 8.02. The lowest BCUT2D eigenvalue weighted by atomic mass is 10.2. The maximum Gasteiger partial charge on any atom is 0.291 e. The van der Waals surface area contributed by atoms with E-state index in [1.807, 2.05) is 61.5 Å². The summed E-state index contributed by atoms with van der Waals surface area (Å²) in [5.74, 6) is 2.53. The Morgan fingerprint density at radius 2 is 1.97 bits per heavy atom. The van der Waals surface area contributed by atoms with Crippen LogP contribution in [0, 0.1) is 0 Å². The summed E-state index contributed by atoms with van der Waals surface area (Å²) >= 11 is 7.32. The Labute approximate surface area is 186 Å². The van der Waals surface area contributed by atoms with E-state index in [-0.39, 0.29) is 5.56 Å². The molecule has 2 aromatic carbocycles. The zero-order valence-electron chi connectivity index (χ0n) is 16.4. The van der Waals surface area contributed by atoms with Gasteiger partial charge in [0.05, 0.1) is 6.61 Å². The van der Waals surface area contributed by atoms with Crippen molar-refractivity contribution in [2.24, 2.45) is 0 Å². The van der Waals surface area contributed by atoms with E-state index < -0.39 is 0 Å². The topological polar surface area (TPSA) is 69.6 Å². The lowest BCUT2D eigenvalue weighted by molar-refractivity contribution is 0.340. The summed E-state index contributed by atoms with van der Waals surface area (Å²) in [5, 5.41) is 5.01. The average molecular weight is 450 g/mol. The standard InChI is InChI=1S/C23H16ClN3O3S/c1-2-29-17-8-6-14(7-9-17)21-25-23-27(26-21)22(28)20(31-23)13-18-10-11-19(30-18)15-4-3-5-16(24)12-15/h3-13H,2H2,1H3. The summed E-state index contributed by atoms with van der Waals surface area (Å²) in [7, 11) is 0. The van der Waals surface area contributed by atoms with E-state index in [4.69, 9.17) is 20.8 Å². The van der Waals surface area contributed by atoms with Crippen LogP contribution in [0.5, 0.6) is 5.75 Å². The molecule has 0 radical (unpaired) electrons. The van der Waals surface area contributed by atoms with Crippen molar-refractivity contribution < 1.29 is 9.15 Å². The lowest BCUT2D eigenvalue weighted by Gasteiger charge is -2.02. The highest BCUT2D eigenvalue weighted by Gasteiger charge is 2.13. The molecule has 0 aliphatic carbocycles. The first kappa shape index (κ1) is 19.5. The van der Waals surface area contributed by atoms with Crippen molar-refractivity contribution in [2.75, 3.05) is 6.61 Å². The molecule has 0 aliphatic heterocycles. The van der Waals surface area contributed by atoms with Gasteiger partial charge in [0.25, 0.3) is 5.56 Å². The normalized spacial score (nSPS) is 12.0. The molecule has 0 bridgehead atoms. The summed E-state index contributed by atoms with van der Waals surface area (Å²) < 4.78 is 13.1. The van der Waals surface area contributed by atoms with Crippen LogP contribution in [0.1, 0.15) is 12.7 Å². The van der Waals surface area contributed by atoms with Crippen LogP contribution in [-0.4, -0.2) is 21.2 Å². The number of ether oxygens (including phenoxy) is 1. The number of aromatic nitrogens is 3. The van der Waals surface area contributed by atoms with E-state index in [9.17, 15) is 4.79 Å². The van der Waals surface area contributed by atoms with Crippen LogP contribution in [0.2, 0.25) is 5.02 Å². The maximum absolute atomic E-state index is 12.8. The van der Waals surface area contributed by atoms with E-state index in [1.165, 1.54) is 15.9 Å². The Bertz CT molecular complexity index is 1480.